The quantitative estimate of drug-likeness (QED) is 0.914. The van der Waals surface area contributed by atoms with Crippen LogP contribution in [0.4, 0.5) is 10.5 Å². The number of benzene rings is 2. The minimum absolute atomic E-state index is 0.0906. The van der Waals surface area contributed by atoms with E-state index in [1.54, 1.807) is 11.0 Å². The summed E-state index contributed by atoms with van der Waals surface area (Å²) in [5.41, 5.74) is 2.68. The van der Waals surface area contributed by atoms with Crippen molar-refractivity contribution in [3.8, 4) is 0 Å². The van der Waals surface area contributed by atoms with Gasteiger partial charge in [-0.1, -0.05) is 41.9 Å². The second kappa shape index (κ2) is 5.76. The molecule has 1 aliphatic rings. The lowest BCUT2D eigenvalue weighted by Crippen LogP contribution is -2.44. The van der Waals surface area contributed by atoms with Crippen LogP contribution in [0.5, 0.6) is 0 Å². The molecule has 1 heterocycles. The molecule has 0 aliphatic carbocycles. The third-order valence-corrected chi connectivity index (χ3v) is 3.81. The van der Waals surface area contributed by atoms with Crippen LogP contribution < -0.4 is 5.32 Å². The summed E-state index contributed by atoms with van der Waals surface area (Å²) in [5, 5.41) is 12.7. The highest BCUT2D eigenvalue weighted by Gasteiger charge is 2.33. The van der Waals surface area contributed by atoms with Gasteiger partial charge < -0.3 is 15.3 Å². The second-order valence-electron chi connectivity index (χ2n) is 4.89. The van der Waals surface area contributed by atoms with E-state index in [0.29, 0.717) is 5.02 Å². The van der Waals surface area contributed by atoms with Crippen molar-refractivity contribution in [2.24, 2.45) is 0 Å². The number of amides is 2. The zero-order valence-electron chi connectivity index (χ0n) is 11.3. The molecule has 21 heavy (non-hydrogen) atoms. The first-order valence-corrected chi connectivity index (χ1v) is 7.11. The monoisotopic (exact) mass is 302 g/mol. The molecule has 1 aliphatic heterocycles. The van der Waals surface area contributed by atoms with Crippen LogP contribution in [0.3, 0.4) is 0 Å². The molecule has 1 unspecified atom stereocenters. The average Bonchev–Trinajstić information content (AvgIpc) is 2.50. The number of fused-ring (bicyclic) bond motifs is 1. The lowest BCUT2D eigenvalue weighted by molar-refractivity contribution is 0.170. The van der Waals surface area contributed by atoms with Crippen molar-refractivity contribution < 1.29 is 9.90 Å². The Hall–Kier alpha value is -2.04. The Morgan fingerprint density at radius 1 is 1.19 bits per heavy atom. The van der Waals surface area contributed by atoms with E-state index in [2.05, 4.69) is 5.32 Å². The largest absolute Gasteiger partial charge is 0.395 e. The number of nitrogens with one attached hydrogen (secondary N) is 1. The average molecular weight is 303 g/mol. The Morgan fingerprint density at radius 2 is 1.95 bits per heavy atom. The summed E-state index contributed by atoms with van der Waals surface area (Å²) in [6.07, 6.45) is 0. The zero-order chi connectivity index (χ0) is 14.8. The number of carbonyl (C=O) groups excluding carboxylic acids is 1. The summed E-state index contributed by atoms with van der Waals surface area (Å²) in [7, 11) is 0. The molecular formula is C16H15ClN2O2. The second-order valence-corrected chi connectivity index (χ2v) is 5.33. The predicted octanol–water partition coefficient (Wildman–Crippen LogP) is 3.27. The van der Waals surface area contributed by atoms with Gasteiger partial charge >= 0.3 is 6.03 Å². The van der Waals surface area contributed by atoms with Crippen LogP contribution in [-0.4, -0.2) is 29.2 Å². The zero-order valence-corrected chi connectivity index (χ0v) is 12.0. The molecule has 0 saturated carbocycles. The molecule has 0 saturated heterocycles. The fraction of sp³-hybridized carbons (Fsp3) is 0.188. The van der Waals surface area contributed by atoms with Gasteiger partial charge in [-0.05, 0) is 23.8 Å². The van der Waals surface area contributed by atoms with Crippen LogP contribution in [0.1, 0.15) is 17.2 Å². The van der Waals surface area contributed by atoms with Gasteiger partial charge in [-0.15, -0.1) is 0 Å². The highest BCUT2D eigenvalue weighted by molar-refractivity contribution is 6.30. The Labute approximate surface area is 128 Å². The molecule has 4 nitrogen and oxygen atoms in total. The predicted molar refractivity (Wildman–Crippen MR) is 82.5 cm³/mol. The first kappa shape index (κ1) is 13.9. The molecule has 0 aromatic heterocycles. The number of halogens is 1. The third kappa shape index (κ3) is 2.60. The Kier molecular flexibility index (Phi) is 3.82. The summed E-state index contributed by atoms with van der Waals surface area (Å²) in [6.45, 7) is 0.171. The summed E-state index contributed by atoms with van der Waals surface area (Å²) >= 11 is 6.11. The Morgan fingerprint density at radius 3 is 2.67 bits per heavy atom. The van der Waals surface area contributed by atoms with Gasteiger partial charge in [0.25, 0.3) is 0 Å². The van der Waals surface area contributed by atoms with Crippen molar-refractivity contribution in [3.05, 3.63) is 64.7 Å². The highest BCUT2D eigenvalue weighted by atomic mass is 35.5. The van der Waals surface area contributed by atoms with Crippen LogP contribution >= 0.6 is 11.6 Å². The van der Waals surface area contributed by atoms with Gasteiger partial charge in [-0.25, -0.2) is 4.79 Å². The smallest absolute Gasteiger partial charge is 0.322 e. The fourth-order valence-corrected chi connectivity index (χ4v) is 2.86. The molecular weight excluding hydrogens is 288 g/mol. The standard InChI is InChI=1S/C16H15ClN2O2/c17-12-6-7-14-13(10-12)15(11-4-2-1-3-5-11)19(8-9-20)16(21)18-14/h1-7,10,15,20H,8-9H2,(H,18,21). The van der Waals surface area contributed by atoms with E-state index in [1.807, 2.05) is 42.5 Å². The highest BCUT2D eigenvalue weighted by Crippen LogP contribution is 2.38. The number of aliphatic hydroxyl groups is 1. The van der Waals surface area contributed by atoms with Gasteiger partial charge in [-0.2, -0.15) is 0 Å². The van der Waals surface area contributed by atoms with Crippen molar-refractivity contribution in [1.82, 2.24) is 4.90 Å². The van der Waals surface area contributed by atoms with Crippen molar-refractivity contribution in [2.75, 3.05) is 18.5 Å². The summed E-state index contributed by atoms with van der Waals surface area (Å²) in [4.78, 5) is 13.9. The van der Waals surface area contributed by atoms with Gasteiger partial charge in [0.15, 0.2) is 0 Å². The summed E-state index contributed by atoms with van der Waals surface area (Å²) < 4.78 is 0. The third-order valence-electron chi connectivity index (χ3n) is 3.58. The summed E-state index contributed by atoms with van der Waals surface area (Å²) in [5.74, 6) is 0. The number of carbonyl (C=O) groups is 1. The van der Waals surface area contributed by atoms with Crippen molar-refractivity contribution >= 4 is 23.3 Å². The van der Waals surface area contributed by atoms with Gasteiger partial charge in [0, 0.05) is 22.8 Å². The van der Waals surface area contributed by atoms with Crippen LogP contribution in [0.15, 0.2) is 48.5 Å². The van der Waals surface area contributed by atoms with Crippen molar-refractivity contribution in [1.29, 1.82) is 0 Å². The number of β-amino-alcohol motifs (C(OH)–C–C–N with tert-alkyl or cyclic N) is 1. The maximum absolute atomic E-state index is 12.3. The van der Waals surface area contributed by atoms with Crippen LogP contribution in [0.2, 0.25) is 5.02 Å². The van der Waals surface area contributed by atoms with E-state index < -0.39 is 0 Å². The molecule has 0 spiro atoms. The molecule has 2 N–H and O–H groups in total. The normalized spacial score (nSPS) is 17.3. The number of anilines is 1. The van der Waals surface area contributed by atoms with Crippen molar-refractivity contribution in [2.45, 2.75) is 6.04 Å². The fourth-order valence-electron chi connectivity index (χ4n) is 2.68. The first-order chi connectivity index (χ1) is 10.2. The Balaban J connectivity index is 2.15. The van der Waals surface area contributed by atoms with E-state index in [0.717, 1.165) is 16.8 Å². The number of rotatable bonds is 3. The molecule has 0 bridgehead atoms. The minimum atomic E-state index is -0.249. The van der Waals surface area contributed by atoms with Crippen LogP contribution in [-0.2, 0) is 0 Å². The molecule has 2 aromatic carbocycles. The molecule has 0 fully saturated rings. The van der Waals surface area contributed by atoms with Crippen LogP contribution in [0.25, 0.3) is 0 Å². The lowest BCUT2D eigenvalue weighted by atomic mass is 9.94. The lowest BCUT2D eigenvalue weighted by Gasteiger charge is -2.37. The number of nitrogens with zero attached hydrogens (tertiary/aromatic N) is 1. The topological polar surface area (TPSA) is 52.6 Å². The van der Waals surface area contributed by atoms with E-state index in [4.69, 9.17) is 11.6 Å². The number of aliphatic hydroxyl groups excluding tert-OH is 1. The first-order valence-electron chi connectivity index (χ1n) is 6.73. The molecule has 2 amide bonds. The van der Waals surface area contributed by atoms with Crippen molar-refractivity contribution in [3.63, 3.8) is 0 Å². The molecule has 3 rings (SSSR count). The summed E-state index contributed by atoms with van der Waals surface area (Å²) in [6, 6.07) is 14.7. The Bertz CT molecular complexity index is 661. The van der Waals surface area contributed by atoms with Crippen LogP contribution in [0, 0.1) is 0 Å². The molecule has 108 valence electrons. The van der Waals surface area contributed by atoms with Gasteiger partial charge in [-0.3, -0.25) is 0 Å². The van der Waals surface area contributed by atoms with Gasteiger partial charge in [0.05, 0.1) is 12.6 Å². The molecule has 5 heteroatoms. The van der Waals surface area contributed by atoms with E-state index in [-0.39, 0.29) is 25.2 Å². The molecule has 2 aromatic rings. The minimum Gasteiger partial charge on any atom is -0.395 e. The van der Waals surface area contributed by atoms with Gasteiger partial charge in [0.2, 0.25) is 0 Å². The van der Waals surface area contributed by atoms with E-state index >= 15 is 0 Å². The van der Waals surface area contributed by atoms with E-state index in [1.165, 1.54) is 0 Å². The number of hydrogen-bond donors (Lipinski definition) is 2. The molecule has 0 radical (unpaired) electrons. The van der Waals surface area contributed by atoms with E-state index in [9.17, 15) is 9.90 Å². The maximum Gasteiger partial charge on any atom is 0.322 e. The number of urea groups is 1. The number of hydrogen-bond acceptors (Lipinski definition) is 2. The molecule has 1 atom stereocenters. The maximum atomic E-state index is 12.3. The SMILES string of the molecule is O=C1Nc2ccc(Cl)cc2C(c2ccccc2)N1CCO. The van der Waals surface area contributed by atoms with Gasteiger partial charge in [0.1, 0.15) is 0 Å².